The van der Waals surface area contributed by atoms with Crippen LogP contribution in [-0.2, 0) is 65.4 Å². The normalized spacial score (nSPS) is 14.6. The molecule has 0 aromatic heterocycles. The van der Waals surface area contributed by atoms with Crippen molar-refractivity contribution in [1.29, 1.82) is 0 Å². The Morgan fingerprint density at radius 2 is 0.490 bits per heavy atom. The summed E-state index contributed by atoms with van der Waals surface area (Å²) < 4.78 is 68.6. The van der Waals surface area contributed by atoms with Crippen LogP contribution in [-0.4, -0.2) is 96.7 Å². The first-order chi connectivity index (χ1) is 47.2. The van der Waals surface area contributed by atoms with E-state index >= 15 is 0 Å². The molecule has 0 heterocycles. The summed E-state index contributed by atoms with van der Waals surface area (Å²) in [6.07, 6.45) is 54.1. The fraction of sp³-hybridized carbons (Fsp3) is 0.949. The number of aliphatic hydroxyl groups is 1. The molecule has 0 aromatic rings. The minimum absolute atomic E-state index is 0.105. The van der Waals surface area contributed by atoms with Crippen molar-refractivity contribution in [2.45, 2.75) is 420 Å². The summed E-state index contributed by atoms with van der Waals surface area (Å²) in [4.78, 5) is 72.9. The molecule has 0 rings (SSSR count). The van der Waals surface area contributed by atoms with Crippen molar-refractivity contribution in [2.24, 2.45) is 23.7 Å². The maximum Gasteiger partial charge on any atom is 0.472 e. The number of carbonyl (C=O) groups is 4. The average Bonchev–Trinajstić information content (AvgIpc) is 2.84. The molecular formula is C79H154O17P2. The lowest BCUT2D eigenvalue weighted by Gasteiger charge is -2.21. The molecule has 0 radical (unpaired) electrons. The summed E-state index contributed by atoms with van der Waals surface area (Å²) in [7, 11) is -9.92. The predicted octanol–water partition coefficient (Wildman–Crippen LogP) is 23.2. The summed E-state index contributed by atoms with van der Waals surface area (Å²) in [5, 5.41) is 10.6. The Morgan fingerprint density at radius 1 is 0.286 bits per heavy atom. The van der Waals surface area contributed by atoms with Crippen LogP contribution < -0.4 is 0 Å². The SMILES string of the molecule is CCC(C)CCCCCCCCCCCCCCCCC(=O)OC[C@H](COP(=O)(O)OCC(O)COP(=O)(O)OC[C@@H](COC(=O)CCCCCCCCCC(C)C)OC(=O)CCCCCCCCCCCCCCCCC(C)CC)OC(=O)CCCCCCCCCCCC(C)C. The molecule has 0 bridgehead atoms. The zero-order valence-electron chi connectivity index (χ0n) is 64.4. The molecule has 0 spiro atoms. The van der Waals surface area contributed by atoms with Crippen molar-refractivity contribution >= 4 is 39.5 Å². The number of aliphatic hydroxyl groups excluding tert-OH is 1. The van der Waals surface area contributed by atoms with Crippen LogP contribution in [0.4, 0.5) is 0 Å². The Kier molecular flexibility index (Phi) is 66.8. The van der Waals surface area contributed by atoms with E-state index in [1.165, 1.54) is 199 Å². The van der Waals surface area contributed by atoms with E-state index < -0.39 is 97.5 Å². The van der Waals surface area contributed by atoms with E-state index in [9.17, 15) is 43.2 Å². The summed E-state index contributed by atoms with van der Waals surface area (Å²) in [6, 6.07) is 0. The molecule has 0 fully saturated rings. The second-order valence-corrected chi connectivity index (χ2v) is 32.8. The minimum atomic E-state index is -4.96. The maximum atomic E-state index is 13.1. The van der Waals surface area contributed by atoms with Crippen LogP contribution in [0.1, 0.15) is 402 Å². The van der Waals surface area contributed by atoms with Crippen LogP contribution >= 0.6 is 15.6 Å². The molecule has 5 unspecified atom stereocenters. The molecule has 0 aliphatic rings. The molecule has 0 saturated carbocycles. The predicted molar refractivity (Wildman–Crippen MR) is 400 cm³/mol. The topological polar surface area (TPSA) is 237 Å². The highest BCUT2D eigenvalue weighted by molar-refractivity contribution is 7.47. The molecule has 0 aromatic carbocycles. The number of unbranched alkanes of at least 4 members (excludes halogenated alkanes) is 40. The summed E-state index contributed by atoms with van der Waals surface area (Å²) >= 11 is 0. The van der Waals surface area contributed by atoms with Crippen LogP contribution in [0.5, 0.6) is 0 Å². The summed E-state index contributed by atoms with van der Waals surface area (Å²) in [5.41, 5.74) is 0. The zero-order valence-corrected chi connectivity index (χ0v) is 66.2. The lowest BCUT2D eigenvalue weighted by Crippen LogP contribution is -2.30. The maximum absolute atomic E-state index is 13.1. The first kappa shape index (κ1) is 96.1. The first-order valence-corrected chi connectivity index (χ1v) is 43.8. The van der Waals surface area contributed by atoms with Crippen molar-refractivity contribution in [3.8, 4) is 0 Å². The lowest BCUT2D eigenvalue weighted by molar-refractivity contribution is -0.161. The molecule has 0 amide bonds. The van der Waals surface area contributed by atoms with Crippen molar-refractivity contribution in [1.82, 2.24) is 0 Å². The third-order valence-electron chi connectivity index (χ3n) is 19.0. The van der Waals surface area contributed by atoms with E-state index in [1.807, 2.05) is 0 Å². The third-order valence-corrected chi connectivity index (χ3v) is 20.9. The van der Waals surface area contributed by atoms with Gasteiger partial charge in [-0.2, -0.15) is 0 Å². The van der Waals surface area contributed by atoms with Gasteiger partial charge in [0.05, 0.1) is 26.4 Å². The Morgan fingerprint density at radius 3 is 0.724 bits per heavy atom. The minimum Gasteiger partial charge on any atom is -0.462 e. The Balaban J connectivity index is 5.21. The van der Waals surface area contributed by atoms with Crippen molar-refractivity contribution in [3.05, 3.63) is 0 Å². The first-order valence-electron chi connectivity index (χ1n) is 40.8. The molecule has 7 atom stereocenters. The van der Waals surface area contributed by atoms with Crippen LogP contribution in [0, 0.1) is 23.7 Å². The number of ether oxygens (including phenoxy) is 4. The molecule has 19 heteroatoms. The van der Waals surface area contributed by atoms with Gasteiger partial charge in [-0.05, 0) is 49.4 Å². The quantitative estimate of drug-likeness (QED) is 0.0222. The van der Waals surface area contributed by atoms with E-state index in [0.29, 0.717) is 31.6 Å². The standard InChI is InChI=1S/C79H154O17P2/c1-9-71(7)57-49-41-33-25-19-15-11-13-17-21-27-35-43-51-59-76(81)89-65-74(96-79(84)62-54-46-37-29-23-24-31-39-47-55-69(3)4)67-93-97(85,86)91-63-73(80)64-92-98(87,88)94-68-75(66-90-77(82)60-52-44-38-30-32-40-48-56-70(5)6)95-78(83)61-53-45-36-28-22-18-14-12-16-20-26-34-42-50-58-72(8)10-2/h69-75,80H,9-68H2,1-8H3,(H,85,86)(H,87,88)/t71?,72?,73?,74-,75-/m1/s1. The fourth-order valence-corrected chi connectivity index (χ4v) is 13.6. The largest absolute Gasteiger partial charge is 0.472 e. The molecule has 0 aliphatic carbocycles. The van der Waals surface area contributed by atoms with E-state index in [0.717, 1.165) is 114 Å². The van der Waals surface area contributed by atoms with E-state index in [4.69, 9.17) is 37.0 Å². The number of esters is 4. The second kappa shape index (κ2) is 68.2. The zero-order chi connectivity index (χ0) is 72.4. The van der Waals surface area contributed by atoms with Gasteiger partial charge in [-0.3, -0.25) is 37.3 Å². The van der Waals surface area contributed by atoms with E-state index in [1.54, 1.807) is 0 Å². The van der Waals surface area contributed by atoms with Crippen molar-refractivity contribution in [2.75, 3.05) is 39.6 Å². The molecule has 98 heavy (non-hydrogen) atoms. The van der Waals surface area contributed by atoms with Gasteiger partial charge >= 0.3 is 39.5 Å². The average molecular weight is 1440 g/mol. The van der Waals surface area contributed by atoms with Gasteiger partial charge in [-0.1, -0.05) is 351 Å². The Bertz CT molecular complexity index is 1920. The highest BCUT2D eigenvalue weighted by atomic mass is 31.2. The van der Waals surface area contributed by atoms with Gasteiger partial charge in [-0.15, -0.1) is 0 Å². The third kappa shape index (κ3) is 69.8. The van der Waals surface area contributed by atoms with E-state index in [-0.39, 0.29) is 25.7 Å². The van der Waals surface area contributed by atoms with Crippen LogP contribution in [0.15, 0.2) is 0 Å². The van der Waals surface area contributed by atoms with Crippen LogP contribution in [0.2, 0.25) is 0 Å². The molecule has 0 saturated heterocycles. The van der Waals surface area contributed by atoms with Gasteiger partial charge in [0.15, 0.2) is 12.2 Å². The van der Waals surface area contributed by atoms with E-state index in [2.05, 4.69) is 55.4 Å². The highest BCUT2D eigenvalue weighted by Gasteiger charge is 2.30. The number of carbonyl (C=O) groups excluding carboxylic acids is 4. The van der Waals surface area contributed by atoms with Crippen molar-refractivity contribution < 1.29 is 80.2 Å². The number of phosphoric ester groups is 2. The summed E-state index contributed by atoms with van der Waals surface area (Å²) in [6.45, 7) is 14.3. The molecular weight excluding hydrogens is 1280 g/mol. The lowest BCUT2D eigenvalue weighted by atomic mass is 9.99. The smallest absolute Gasteiger partial charge is 0.462 e. The monoisotopic (exact) mass is 1440 g/mol. The fourth-order valence-electron chi connectivity index (χ4n) is 12.0. The Hall–Kier alpha value is -1.94. The van der Waals surface area contributed by atoms with Gasteiger partial charge in [0.25, 0.3) is 0 Å². The Labute approximate surface area is 600 Å². The number of rotatable bonds is 76. The molecule has 582 valence electrons. The second-order valence-electron chi connectivity index (χ2n) is 29.9. The van der Waals surface area contributed by atoms with Gasteiger partial charge in [0.1, 0.15) is 19.3 Å². The van der Waals surface area contributed by atoms with Gasteiger partial charge in [-0.25, -0.2) is 9.13 Å². The molecule has 17 nitrogen and oxygen atoms in total. The highest BCUT2D eigenvalue weighted by Crippen LogP contribution is 2.45. The van der Waals surface area contributed by atoms with Crippen molar-refractivity contribution in [3.63, 3.8) is 0 Å². The van der Waals surface area contributed by atoms with Gasteiger partial charge in [0, 0.05) is 25.7 Å². The number of hydrogen-bond donors (Lipinski definition) is 3. The van der Waals surface area contributed by atoms with Gasteiger partial charge < -0.3 is 33.8 Å². The molecule has 3 N–H and O–H groups in total. The van der Waals surface area contributed by atoms with Crippen LogP contribution in [0.25, 0.3) is 0 Å². The number of phosphoric acid groups is 2. The molecule has 0 aliphatic heterocycles. The van der Waals surface area contributed by atoms with Crippen LogP contribution in [0.3, 0.4) is 0 Å². The summed E-state index contributed by atoms with van der Waals surface area (Å²) in [5.74, 6) is 1.02. The van der Waals surface area contributed by atoms with Gasteiger partial charge in [0.2, 0.25) is 0 Å². The number of hydrogen-bond acceptors (Lipinski definition) is 15.